The molecule has 5 aromatic rings. The fourth-order valence-corrected chi connectivity index (χ4v) is 5.72. The van der Waals surface area contributed by atoms with E-state index in [2.05, 4.69) is 18.8 Å². The van der Waals surface area contributed by atoms with Gasteiger partial charge in [-0.1, -0.05) is 101 Å². The van der Waals surface area contributed by atoms with E-state index in [1.54, 1.807) is 47.0 Å². The Balaban J connectivity index is 1.23. The molecule has 0 radical (unpaired) electrons. The molecule has 0 saturated heterocycles. The summed E-state index contributed by atoms with van der Waals surface area (Å²) >= 11 is 0. The van der Waals surface area contributed by atoms with Crippen LogP contribution in [0.25, 0.3) is 16.9 Å². The first-order chi connectivity index (χ1) is 22.5. The summed E-state index contributed by atoms with van der Waals surface area (Å²) in [5, 5.41) is 30.8. The number of unbranched alkanes of at least 4 members (excludes halogenated alkanes) is 10. The van der Waals surface area contributed by atoms with Crippen LogP contribution in [-0.4, -0.2) is 29.7 Å². The molecule has 238 valence electrons. The van der Waals surface area contributed by atoms with Crippen LogP contribution >= 0.6 is 0 Å². The summed E-state index contributed by atoms with van der Waals surface area (Å²) in [4.78, 5) is 9.75. The van der Waals surface area contributed by atoms with Gasteiger partial charge >= 0.3 is 0 Å². The Kier molecular flexibility index (Phi) is 11.7. The van der Waals surface area contributed by atoms with E-state index in [9.17, 15) is 15.3 Å². The van der Waals surface area contributed by atoms with Crippen LogP contribution in [-0.2, 0) is 12.8 Å². The second kappa shape index (κ2) is 16.5. The van der Waals surface area contributed by atoms with Crippen LogP contribution in [0.1, 0.15) is 106 Å². The first kappa shape index (κ1) is 32.6. The van der Waals surface area contributed by atoms with Crippen molar-refractivity contribution >= 4 is 5.65 Å². The molecule has 5 rings (SSSR count). The van der Waals surface area contributed by atoms with E-state index in [0.717, 1.165) is 35.1 Å². The van der Waals surface area contributed by atoms with E-state index in [4.69, 9.17) is 9.97 Å². The molecule has 0 unspecified atom stereocenters. The van der Waals surface area contributed by atoms with Gasteiger partial charge in [0, 0.05) is 36.6 Å². The highest BCUT2D eigenvalue weighted by Crippen LogP contribution is 2.29. The minimum absolute atomic E-state index is 0.0738. The van der Waals surface area contributed by atoms with Crippen LogP contribution in [0.5, 0.6) is 17.4 Å². The van der Waals surface area contributed by atoms with Gasteiger partial charge in [-0.05, 0) is 66.1 Å². The van der Waals surface area contributed by atoms with Crippen LogP contribution in [0.2, 0.25) is 0 Å². The van der Waals surface area contributed by atoms with Gasteiger partial charge in [-0.2, -0.15) is 0 Å². The van der Waals surface area contributed by atoms with Crippen LogP contribution in [0.4, 0.5) is 0 Å². The first-order valence-electron chi connectivity index (χ1n) is 16.7. The largest absolute Gasteiger partial charge is 0.508 e. The van der Waals surface area contributed by atoms with Crippen molar-refractivity contribution in [3.05, 3.63) is 107 Å². The van der Waals surface area contributed by atoms with Gasteiger partial charge in [0.05, 0.1) is 11.4 Å². The third-order valence-electron chi connectivity index (χ3n) is 8.40. The summed E-state index contributed by atoms with van der Waals surface area (Å²) in [7, 11) is 0. The Hall–Kier alpha value is -4.76. The van der Waals surface area contributed by atoms with E-state index in [0.29, 0.717) is 35.6 Å². The van der Waals surface area contributed by atoms with E-state index in [1.807, 2.05) is 36.4 Å². The van der Waals surface area contributed by atoms with Crippen molar-refractivity contribution in [2.45, 2.75) is 90.4 Å². The lowest BCUT2D eigenvalue weighted by Gasteiger charge is -2.09. The molecule has 0 atom stereocenters. The summed E-state index contributed by atoms with van der Waals surface area (Å²) in [5.41, 5.74) is 6.30. The zero-order valence-electron chi connectivity index (χ0n) is 26.9. The van der Waals surface area contributed by atoms with Gasteiger partial charge in [0.15, 0.2) is 5.65 Å². The lowest BCUT2D eigenvalue weighted by Crippen LogP contribution is -2.01. The first-order valence-corrected chi connectivity index (χ1v) is 16.7. The lowest BCUT2D eigenvalue weighted by molar-refractivity contribution is 0.442. The molecular formula is C40H45N3O3. The average molecular weight is 616 g/mol. The van der Waals surface area contributed by atoms with Crippen molar-refractivity contribution in [3.8, 4) is 40.5 Å². The fourth-order valence-electron chi connectivity index (χ4n) is 5.72. The molecule has 3 N–H and O–H groups in total. The zero-order valence-corrected chi connectivity index (χ0v) is 26.9. The Morgan fingerprint density at radius 3 is 1.78 bits per heavy atom. The minimum Gasteiger partial charge on any atom is -0.508 e. The molecule has 2 heterocycles. The number of imidazole rings is 1. The maximum absolute atomic E-state index is 11.3. The second-order valence-electron chi connectivity index (χ2n) is 12.1. The predicted molar refractivity (Wildman–Crippen MR) is 185 cm³/mol. The molecule has 2 aromatic heterocycles. The molecule has 3 aromatic carbocycles. The Morgan fingerprint density at radius 2 is 1.15 bits per heavy atom. The number of phenols is 2. The lowest BCUT2D eigenvalue weighted by atomic mass is 10.1. The van der Waals surface area contributed by atoms with Crippen molar-refractivity contribution in [3.63, 3.8) is 0 Å². The topological polar surface area (TPSA) is 90.9 Å². The highest BCUT2D eigenvalue weighted by molar-refractivity contribution is 5.64. The molecule has 0 bridgehead atoms. The summed E-state index contributed by atoms with van der Waals surface area (Å²) < 4.78 is 1.69. The molecule has 0 aliphatic heterocycles. The number of fused-ring (bicyclic) bond motifs is 1. The van der Waals surface area contributed by atoms with E-state index < -0.39 is 0 Å². The van der Waals surface area contributed by atoms with Crippen LogP contribution in [0.3, 0.4) is 0 Å². The summed E-state index contributed by atoms with van der Waals surface area (Å²) in [5.74, 6) is 7.08. The highest BCUT2D eigenvalue weighted by Gasteiger charge is 2.18. The number of nitrogens with zero attached hydrogens (tertiary/aromatic N) is 3. The molecule has 0 aliphatic carbocycles. The monoisotopic (exact) mass is 615 g/mol. The molecule has 0 aliphatic rings. The number of hydrogen-bond acceptors (Lipinski definition) is 5. The Bertz CT molecular complexity index is 1750. The fraction of sp³-hybridized carbons (Fsp3) is 0.350. The van der Waals surface area contributed by atoms with E-state index in [1.165, 1.54) is 57.8 Å². The number of aromatic hydroxyl groups is 3. The van der Waals surface area contributed by atoms with Gasteiger partial charge in [0.25, 0.3) is 0 Å². The zero-order chi connectivity index (χ0) is 32.1. The van der Waals surface area contributed by atoms with Crippen molar-refractivity contribution in [2.75, 3.05) is 0 Å². The number of hydrogen-bond donors (Lipinski definition) is 3. The molecule has 0 spiro atoms. The molecule has 6 nitrogen and oxygen atoms in total. The molecule has 6 heteroatoms. The van der Waals surface area contributed by atoms with Gasteiger partial charge in [0.1, 0.15) is 17.2 Å². The second-order valence-corrected chi connectivity index (χ2v) is 12.1. The summed E-state index contributed by atoms with van der Waals surface area (Å²) in [6, 6.07) is 22.0. The maximum atomic E-state index is 11.3. The number of rotatable bonds is 15. The third kappa shape index (κ3) is 9.14. The molecule has 0 amide bonds. The number of benzene rings is 3. The van der Waals surface area contributed by atoms with Crippen molar-refractivity contribution in [1.82, 2.24) is 14.4 Å². The minimum atomic E-state index is 0.0738. The molecule has 0 fully saturated rings. The van der Waals surface area contributed by atoms with Gasteiger partial charge in [-0.15, -0.1) is 0 Å². The van der Waals surface area contributed by atoms with Crippen molar-refractivity contribution < 1.29 is 15.3 Å². The standard InChI is InChI=1S/C40H45N3O3/c1-2-3-4-5-6-7-8-9-10-11-12-13-14-30-15-17-31(18-16-30)28-37-40(46)43-29-38(33-21-25-35(45)26-22-33)41-36(39(43)42-37)27-32-19-23-34(44)24-20-32/h15-26,29,44-46H,2-12,27-28H2,1H3. The number of aromatic nitrogens is 3. The predicted octanol–water partition coefficient (Wildman–Crippen LogP) is 9.36. The summed E-state index contributed by atoms with van der Waals surface area (Å²) in [6.45, 7) is 2.27. The van der Waals surface area contributed by atoms with Crippen molar-refractivity contribution in [1.29, 1.82) is 0 Å². The quantitative estimate of drug-likeness (QED) is 0.0806. The van der Waals surface area contributed by atoms with E-state index in [-0.39, 0.29) is 17.4 Å². The van der Waals surface area contributed by atoms with Crippen LogP contribution in [0, 0.1) is 11.8 Å². The third-order valence-corrected chi connectivity index (χ3v) is 8.40. The van der Waals surface area contributed by atoms with Gasteiger partial charge in [-0.25, -0.2) is 9.97 Å². The Morgan fingerprint density at radius 1 is 0.609 bits per heavy atom. The SMILES string of the molecule is CCCCCCCCCCCCC#Cc1ccc(Cc2nc3c(Cc4ccc(O)cc4)nc(-c4ccc(O)cc4)cn3c2O)cc1. The van der Waals surface area contributed by atoms with E-state index >= 15 is 0 Å². The smallest absolute Gasteiger partial charge is 0.219 e. The van der Waals surface area contributed by atoms with Gasteiger partial charge < -0.3 is 15.3 Å². The molecule has 0 saturated carbocycles. The average Bonchev–Trinajstić information content (AvgIpc) is 3.38. The van der Waals surface area contributed by atoms with Gasteiger partial charge in [0.2, 0.25) is 5.88 Å². The molecule has 46 heavy (non-hydrogen) atoms. The maximum Gasteiger partial charge on any atom is 0.219 e. The molecular weight excluding hydrogens is 570 g/mol. The normalized spacial score (nSPS) is 11.1. The van der Waals surface area contributed by atoms with Crippen LogP contribution in [0.15, 0.2) is 79.0 Å². The number of phenolic OH excluding ortho intramolecular Hbond substituents is 2. The Labute approximate surface area is 272 Å². The van der Waals surface area contributed by atoms with Gasteiger partial charge in [-0.3, -0.25) is 4.40 Å². The summed E-state index contributed by atoms with van der Waals surface area (Å²) in [6.07, 6.45) is 16.9. The van der Waals surface area contributed by atoms with Crippen molar-refractivity contribution in [2.24, 2.45) is 0 Å². The highest BCUT2D eigenvalue weighted by atomic mass is 16.3. The van der Waals surface area contributed by atoms with Crippen LogP contribution < -0.4 is 0 Å².